The summed E-state index contributed by atoms with van der Waals surface area (Å²) in [4.78, 5) is 47.3. The summed E-state index contributed by atoms with van der Waals surface area (Å²) >= 11 is 0. The summed E-state index contributed by atoms with van der Waals surface area (Å²) in [6.45, 7) is 2.03. The molecule has 9 rings (SSSR count). The molecule has 0 saturated carbocycles. The Labute approximate surface area is 235 Å². The molecule has 0 aliphatic carbocycles. The van der Waals surface area contributed by atoms with Crippen LogP contribution in [0.1, 0.15) is 5.56 Å². The Hall–Kier alpha value is -5.82. The molecule has 0 saturated heterocycles. The van der Waals surface area contributed by atoms with Gasteiger partial charge >= 0.3 is 0 Å². The number of hydrogen-bond donors (Lipinski definition) is 2. The standard InChI is InChI=1S/C35H19N3O4/c1-16-10-12-24-22(14-16)26-18-6-2-4-8-20(18)34(39)30-28(26)32(36-24)31-29-27(19-7-3-5-9-21(19)35(31)40)23-15-17(38(41)42)11-13-25(23)37-33(29)30/h2-15,36-37H,1H3. The predicted molar refractivity (Wildman–Crippen MR) is 170 cm³/mol. The maximum Gasteiger partial charge on any atom is 0.270 e. The van der Waals surface area contributed by atoms with Crippen molar-refractivity contribution in [2.75, 3.05) is 0 Å². The molecule has 7 heteroatoms. The molecule has 0 radical (unpaired) electrons. The normalized spacial score (nSPS) is 12.3. The Morgan fingerprint density at radius 2 is 1.02 bits per heavy atom. The first-order valence-corrected chi connectivity index (χ1v) is 13.6. The van der Waals surface area contributed by atoms with E-state index in [1.54, 1.807) is 18.2 Å². The first-order chi connectivity index (χ1) is 20.4. The Bertz CT molecular complexity index is 2830. The second-order valence-electron chi connectivity index (χ2n) is 11.0. The van der Waals surface area contributed by atoms with E-state index in [-0.39, 0.29) is 16.5 Å². The highest BCUT2D eigenvalue weighted by Crippen LogP contribution is 2.44. The van der Waals surface area contributed by atoms with Crippen LogP contribution in [0.15, 0.2) is 94.5 Å². The zero-order valence-electron chi connectivity index (χ0n) is 22.2. The van der Waals surface area contributed by atoms with Crippen LogP contribution in [0.3, 0.4) is 0 Å². The molecule has 7 aromatic carbocycles. The number of aromatic nitrogens is 2. The van der Waals surface area contributed by atoms with E-state index in [1.165, 1.54) is 6.07 Å². The first kappa shape index (κ1) is 22.9. The van der Waals surface area contributed by atoms with Gasteiger partial charge in [0.25, 0.3) is 5.69 Å². The highest BCUT2D eigenvalue weighted by atomic mass is 16.6. The van der Waals surface area contributed by atoms with Gasteiger partial charge in [-0.2, -0.15) is 0 Å². The van der Waals surface area contributed by atoms with Crippen molar-refractivity contribution in [1.82, 2.24) is 9.97 Å². The highest BCUT2D eigenvalue weighted by Gasteiger charge is 2.25. The minimum Gasteiger partial charge on any atom is -0.354 e. The third kappa shape index (κ3) is 2.69. The van der Waals surface area contributed by atoms with Gasteiger partial charge < -0.3 is 9.97 Å². The molecule has 0 aliphatic heterocycles. The molecule has 42 heavy (non-hydrogen) atoms. The van der Waals surface area contributed by atoms with E-state index in [9.17, 15) is 19.7 Å². The van der Waals surface area contributed by atoms with E-state index in [0.29, 0.717) is 65.0 Å². The molecule has 0 fully saturated rings. The lowest BCUT2D eigenvalue weighted by Crippen LogP contribution is -2.11. The lowest BCUT2D eigenvalue weighted by molar-refractivity contribution is -0.384. The van der Waals surface area contributed by atoms with Crippen molar-refractivity contribution in [3.8, 4) is 0 Å². The van der Waals surface area contributed by atoms with Crippen molar-refractivity contribution in [2.24, 2.45) is 0 Å². The van der Waals surface area contributed by atoms with Crippen LogP contribution in [0.2, 0.25) is 0 Å². The fourth-order valence-corrected chi connectivity index (χ4v) is 7.06. The van der Waals surface area contributed by atoms with E-state index in [0.717, 1.165) is 27.2 Å². The van der Waals surface area contributed by atoms with Gasteiger partial charge in [-0.3, -0.25) is 19.7 Å². The van der Waals surface area contributed by atoms with E-state index in [1.807, 2.05) is 61.5 Å². The van der Waals surface area contributed by atoms with Crippen LogP contribution in [0.4, 0.5) is 5.69 Å². The lowest BCUT2D eigenvalue weighted by Gasteiger charge is -2.19. The number of nitrogens with zero attached hydrogens (tertiary/aromatic N) is 1. The number of hydrogen-bond acceptors (Lipinski definition) is 4. The number of fused-ring (bicyclic) bond motifs is 10. The van der Waals surface area contributed by atoms with Crippen molar-refractivity contribution >= 4 is 92.4 Å². The SMILES string of the molecule is Cc1ccc2[nH]c3c4c(=O)c5ccccc5c5c6cc([N+](=O)[O-])ccc6[nH]c(c6c(=O)c7ccccc7c(c2c1)c36)c45. The Morgan fingerprint density at radius 3 is 1.55 bits per heavy atom. The maximum atomic E-state index is 14.4. The first-order valence-electron chi connectivity index (χ1n) is 13.6. The van der Waals surface area contributed by atoms with Crippen LogP contribution in [-0.4, -0.2) is 14.9 Å². The third-order valence-electron chi connectivity index (χ3n) is 8.78. The van der Waals surface area contributed by atoms with Crippen molar-refractivity contribution in [3.05, 3.63) is 121 Å². The molecular formula is C35H19N3O4. The molecule has 198 valence electrons. The Balaban J connectivity index is 1.75. The smallest absolute Gasteiger partial charge is 0.270 e. The van der Waals surface area contributed by atoms with E-state index in [4.69, 9.17) is 0 Å². The molecule has 2 N–H and O–H groups in total. The largest absolute Gasteiger partial charge is 0.354 e. The summed E-state index contributed by atoms with van der Waals surface area (Å²) in [6.07, 6.45) is 0. The monoisotopic (exact) mass is 545 g/mol. The summed E-state index contributed by atoms with van der Waals surface area (Å²) < 4.78 is 0. The quantitative estimate of drug-likeness (QED) is 0.0944. The fraction of sp³-hybridized carbons (Fsp3) is 0.0286. The van der Waals surface area contributed by atoms with Crippen molar-refractivity contribution in [2.45, 2.75) is 6.92 Å². The van der Waals surface area contributed by atoms with Gasteiger partial charge in [-0.25, -0.2) is 0 Å². The number of nitro benzene ring substituents is 1. The Kier molecular flexibility index (Phi) is 4.19. The average molecular weight is 546 g/mol. The summed E-state index contributed by atoms with van der Waals surface area (Å²) in [7, 11) is 0. The molecule has 0 unspecified atom stereocenters. The van der Waals surface area contributed by atoms with Crippen LogP contribution >= 0.6 is 0 Å². The van der Waals surface area contributed by atoms with Gasteiger partial charge in [-0.1, -0.05) is 60.2 Å². The summed E-state index contributed by atoms with van der Waals surface area (Å²) in [5.41, 5.74) is 3.37. The van der Waals surface area contributed by atoms with Gasteiger partial charge in [0.05, 0.1) is 26.7 Å². The van der Waals surface area contributed by atoms with Crippen LogP contribution < -0.4 is 10.9 Å². The zero-order chi connectivity index (χ0) is 28.4. The zero-order valence-corrected chi connectivity index (χ0v) is 22.2. The molecular weight excluding hydrogens is 526 g/mol. The molecule has 0 bridgehead atoms. The number of non-ortho nitro benzene ring substituents is 1. The molecule has 0 aliphatic rings. The molecule has 7 nitrogen and oxygen atoms in total. The summed E-state index contributed by atoms with van der Waals surface area (Å²) in [5, 5.41) is 19.9. The molecule has 0 spiro atoms. The molecule has 0 amide bonds. The minimum atomic E-state index is -0.421. The number of rotatable bonds is 1. The van der Waals surface area contributed by atoms with Crippen LogP contribution in [-0.2, 0) is 0 Å². The second kappa shape index (κ2) is 7.67. The predicted octanol–water partition coefficient (Wildman–Crippen LogP) is 7.94. The average Bonchev–Trinajstić information content (AvgIpc) is 3.00. The van der Waals surface area contributed by atoms with Gasteiger partial charge in [-0.05, 0) is 35.9 Å². The fourth-order valence-electron chi connectivity index (χ4n) is 7.06. The van der Waals surface area contributed by atoms with E-state index in [2.05, 4.69) is 16.0 Å². The van der Waals surface area contributed by atoms with Gasteiger partial charge in [0.1, 0.15) is 0 Å². The maximum absolute atomic E-state index is 14.4. The second-order valence-corrected chi connectivity index (χ2v) is 11.0. The van der Waals surface area contributed by atoms with Crippen LogP contribution in [0.25, 0.3) is 86.7 Å². The summed E-state index contributed by atoms with van der Waals surface area (Å²) in [6, 6.07) is 25.8. The van der Waals surface area contributed by atoms with Gasteiger partial charge in [0, 0.05) is 66.3 Å². The number of nitrogens with one attached hydrogen (secondary N) is 2. The van der Waals surface area contributed by atoms with E-state index >= 15 is 0 Å². The third-order valence-corrected chi connectivity index (χ3v) is 8.78. The topological polar surface area (TPSA) is 109 Å². The van der Waals surface area contributed by atoms with Crippen molar-refractivity contribution in [1.29, 1.82) is 0 Å². The number of nitro groups is 1. The minimum absolute atomic E-state index is 0.0511. The van der Waals surface area contributed by atoms with Crippen LogP contribution in [0, 0.1) is 17.0 Å². The molecule has 2 heterocycles. The molecule has 2 aromatic heterocycles. The lowest BCUT2D eigenvalue weighted by atomic mass is 9.87. The van der Waals surface area contributed by atoms with Gasteiger partial charge in [-0.15, -0.1) is 0 Å². The van der Waals surface area contributed by atoms with Gasteiger partial charge in [0.2, 0.25) is 0 Å². The number of H-pyrrole nitrogens is 2. The number of aryl methyl sites for hydroxylation is 1. The summed E-state index contributed by atoms with van der Waals surface area (Å²) in [5.74, 6) is 0. The molecule has 9 aromatic rings. The number of aromatic amines is 2. The molecule has 0 atom stereocenters. The van der Waals surface area contributed by atoms with E-state index < -0.39 is 4.92 Å². The van der Waals surface area contributed by atoms with Crippen molar-refractivity contribution in [3.63, 3.8) is 0 Å². The highest BCUT2D eigenvalue weighted by molar-refractivity contribution is 6.42. The van der Waals surface area contributed by atoms with Crippen LogP contribution in [0.5, 0.6) is 0 Å². The van der Waals surface area contributed by atoms with Crippen molar-refractivity contribution < 1.29 is 4.92 Å². The number of benzene rings is 7. The van der Waals surface area contributed by atoms with Gasteiger partial charge in [0.15, 0.2) is 10.9 Å². The number of pyridine rings is 2. The Morgan fingerprint density at radius 1 is 0.548 bits per heavy atom.